The van der Waals surface area contributed by atoms with E-state index in [1.54, 1.807) is 7.11 Å². The molecule has 5 heteroatoms. The summed E-state index contributed by atoms with van der Waals surface area (Å²) in [5.41, 5.74) is 0. The van der Waals surface area contributed by atoms with Crippen LogP contribution >= 0.6 is 11.6 Å². The molecule has 1 N–H and O–H groups in total. The van der Waals surface area contributed by atoms with Crippen LogP contribution in [-0.2, 0) is 0 Å². The zero-order valence-electron chi connectivity index (χ0n) is 9.96. The molecule has 16 heavy (non-hydrogen) atoms. The molecule has 1 aromatic heterocycles. The first kappa shape index (κ1) is 13.0. The Morgan fingerprint density at radius 1 is 1.44 bits per heavy atom. The van der Waals surface area contributed by atoms with E-state index < -0.39 is 0 Å². The number of aromatic nitrogens is 2. The van der Waals surface area contributed by atoms with E-state index in [-0.39, 0.29) is 0 Å². The van der Waals surface area contributed by atoms with E-state index in [4.69, 9.17) is 16.3 Å². The molecule has 1 atom stereocenters. The van der Waals surface area contributed by atoms with Crippen molar-refractivity contribution in [3.63, 3.8) is 0 Å². The lowest BCUT2D eigenvalue weighted by molar-refractivity contribution is 0.412. The van der Waals surface area contributed by atoms with Gasteiger partial charge < -0.3 is 10.1 Å². The first-order valence-electron chi connectivity index (χ1n) is 5.53. The molecule has 4 nitrogen and oxygen atoms in total. The molecule has 0 saturated carbocycles. The van der Waals surface area contributed by atoms with Crippen molar-refractivity contribution in [2.75, 3.05) is 12.4 Å². The van der Waals surface area contributed by atoms with Gasteiger partial charge >= 0.3 is 0 Å². The molecule has 90 valence electrons. The van der Waals surface area contributed by atoms with Crippen LogP contribution in [0.15, 0.2) is 6.33 Å². The molecule has 0 aliphatic heterocycles. The average Bonchev–Trinajstić information content (AvgIpc) is 2.28. The summed E-state index contributed by atoms with van der Waals surface area (Å²) >= 11 is 5.92. The van der Waals surface area contributed by atoms with Crippen molar-refractivity contribution in [2.24, 2.45) is 0 Å². The summed E-state index contributed by atoms with van der Waals surface area (Å²) in [4.78, 5) is 8.03. The van der Waals surface area contributed by atoms with Gasteiger partial charge in [-0.15, -0.1) is 0 Å². The first-order chi connectivity index (χ1) is 7.72. The first-order valence-corrected chi connectivity index (χ1v) is 5.91. The van der Waals surface area contributed by atoms with Crippen LogP contribution in [0, 0.1) is 0 Å². The molecule has 0 radical (unpaired) electrons. The molecule has 0 bridgehead atoms. The highest BCUT2D eigenvalue weighted by molar-refractivity contribution is 6.31. The standard InChI is InChI=1S/C11H18ClN3O/c1-4-6-8(5-2)15-11-9(16-3)10(12)13-7-14-11/h7-8H,4-6H2,1-3H3,(H,13,14,15). The smallest absolute Gasteiger partial charge is 0.198 e. The molecular weight excluding hydrogens is 226 g/mol. The third-order valence-electron chi connectivity index (χ3n) is 2.44. The monoisotopic (exact) mass is 243 g/mol. The Morgan fingerprint density at radius 2 is 2.19 bits per heavy atom. The van der Waals surface area contributed by atoms with Crippen molar-refractivity contribution >= 4 is 17.4 Å². The van der Waals surface area contributed by atoms with Gasteiger partial charge in [-0.3, -0.25) is 0 Å². The van der Waals surface area contributed by atoms with Gasteiger partial charge in [-0.05, 0) is 12.8 Å². The van der Waals surface area contributed by atoms with Gasteiger partial charge in [0.1, 0.15) is 6.33 Å². The summed E-state index contributed by atoms with van der Waals surface area (Å²) in [5, 5.41) is 3.67. The number of methoxy groups -OCH3 is 1. The Bertz CT molecular complexity index is 333. The summed E-state index contributed by atoms with van der Waals surface area (Å²) in [6.07, 6.45) is 4.71. The molecule has 1 rings (SSSR count). The highest BCUT2D eigenvalue weighted by Crippen LogP contribution is 2.29. The molecule has 0 aromatic carbocycles. The second-order valence-corrected chi connectivity index (χ2v) is 3.94. The van der Waals surface area contributed by atoms with Crippen LogP contribution < -0.4 is 10.1 Å². The SMILES string of the molecule is CCCC(CC)Nc1ncnc(Cl)c1OC. The summed E-state index contributed by atoms with van der Waals surface area (Å²) in [6.45, 7) is 4.30. The predicted octanol–water partition coefficient (Wildman–Crippen LogP) is 3.13. The number of nitrogens with one attached hydrogen (secondary N) is 1. The van der Waals surface area contributed by atoms with E-state index in [0.717, 1.165) is 19.3 Å². The molecule has 1 aromatic rings. The molecule has 0 aliphatic carbocycles. The number of hydrogen-bond acceptors (Lipinski definition) is 4. The molecule has 0 fully saturated rings. The fraction of sp³-hybridized carbons (Fsp3) is 0.636. The quantitative estimate of drug-likeness (QED) is 0.780. The highest BCUT2D eigenvalue weighted by Gasteiger charge is 2.13. The third kappa shape index (κ3) is 3.23. The van der Waals surface area contributed by atoms with Gasteiger partial charge in [0.25, 0.3) is 0 Å². The van der Waals surface area contributed by atoms with Crippen LogP contribution in [0.2, 0.25) is 5.15 Å². The van der Waals surface area contributed by atoms with Crippen molar-refractivity contribution < 1.29 is 4.74 Å². The number of rotatable bonds is 6. The minimum atomic E-state index is 0.339. The lowest BCUT2D eigenvalue weighted by atomic mass is 10.1. The zero-order valence-corrected chi connectivity index (χ0v) is 10.7. The van der Waals surface area contributed by atoms with Gasteiger partial charge in [0.05, 0.1) is 7.11 Å². The Labute approximate surface area is 101 Å². The molecular formula is C11H18ClN3O. The molecule has 0 spiro atoms. The summed E-state index contributed by atoms with van der Waals surface area (Å²) in [6, 6.07) is 0.393. The Balaban J connectivity index is 2.82. The maximum Gasteiger partial charge on any atom is 0.198 e. The van der Waals surface area contributed by atoms with E-state index >= 15 is 0 Å². The predicted molar refractivity (Wildman–Crippen MR) is 66.2 cm³/mol. The van der Waals surface area contributed by atoms with Crippen LogP contribution in [0.1, 0.15) is 33.1 Å². The highest BCUT2D eigenvalue weighted by atomic mass is 35.5. The summed E-state index contributed by atoms with van der Waals surface area (Å²) in [5.74, 6) is 1.18. The van der Waals surface area contributed by atoms with Crippen molar-refractivity contribution in [1.82, 2.24) is 9.97 Å². The molecule has 0 saturated heterocycles. The number of ether oxygens (including phenoxy) is 1. The number of hydrogen-bond donors (Lipinski definition) is 1. The normalized spacial score (nSPS) is 12.2. The number of nitrogens with zero attached hydrogens (tertiary/aromatic N) is 2. The van der Waals surface area contributed by atoms with E-state index in [2.05, 4.69) is 29.1 Å². The zero-order chi connectivity index (χ0) is 12.0. The third-order valence-corrected chi connectivity index (χ3v) is 2.70. The Kier molecular flexibility index (Phi) is 5.32. The molecule has 0 aliphatic rings. The topological polar surface area (TPSA) is 47.0 Å². The number of halogens is 1. The second kappa shape index (κ2) is 6.53. The van der Waals surface area contributed by atoms with E-state index in [9.17, 15) is 0 Å². The van der Waals surface area contributed by atoms with E-state index in [1.165, 1.54) is 6.33 Å². The van der Waals surface area contributed by atoms with Crippen LogP contribution in [-0.4, -0.2) is 23.1 Å². The Morgan fingerprint density at radius 3 is 2.75 bits per heavy atom. The largest absolute Gasteiger partial charge is 0.490 e. The van der Waals surface area contributed by atoms with Crippen LogP contribution in [0.25, 0.3) is 0 Å². The van der Waals surface area contributed by atoms with Gasteiger partial charge in [-0.1, -0.05) is 31.9 Å². The fourth-order valence-electron chi connectivity index (χ4n) is 1.56. The van der Waals surface area contributed by atoms with Crippen LogP contribution in [0.3, 0.4) is 0 Å². The van der Waals surface area contributed by atoms with Crippen LogP contribution in [0.5, 0.6) is 5.75 Å². The molecule has 1 unspecified atom stereocenters. The van der Waals surface area contributed by atoms with Crippen molar-refractivity contribution in [3.05, 3.63) is 11.5 Å². The minimum absolute atomic E-state index is 0.339. The van der Waals surface area contributed by atoms with Crippen molar-refractivity contribution in [1.29, 1.82) is 0 Å². The van der Waals surface area contributed by atoms with Gasteiger partial charge in [0, 0.05) is 6.04 Å². The van der Waals surface area contributed by atoms with Crippen molar-refractivity contribution in [2.45, 2.75) is 39.2 Å². The number of anilines is 1. The fourth-order valence-corrected chi connectivity index (χ4v) is 1.77. The van der Waals surface area contributed by atoms with E-state index in [0.29, 0.717) is 22.8 Å². The van der Waals surface area contributed by atoms with Gasteiger partial charge in [0.15, 0.2) is 16.7 Å². The Hall–Kier alpha value is -1.03. The summed E-state index contributed by atoms with van der Waals surface area (Å²) in [7, 11) is 1.57. The van der Waals surface area contributed by atoms with Crippen molar-refractivity contribution in [3.8, 4) is 5.75 Å². The minimum Gasteiger partial charge on any atom is -0.490 e. The lowest BCUT2D eigenvalue weighted by Gasteiger charge is -2.18. The van der Waals surface area contributed by atoms with Gasteiger partial charge in [0.2, 0.25) is 0 Å². The summed E-state index contributed by atoms with van der Waals surface area (Å²) < 4.78 is 5.18. The van der Waals surface area contributed by atoms with Gasteiger partial charge in [-0.2, -0.15) is 0 Å². The molecule has 0 amide bonds. The van der Waals surface area contributed by atoms with Crippen LogP contribution in [0.4, 0.5) is 5.82 Å². The van der Waals surface area contributed by atoms with E-state index in [1.807, 2.05) is 0 Å². The van der Waals surface area contributed by atoms with Gasteiger partial charge in [-0.25, -0.2) is 9.97 Å². The maximum absolute atomic E-state index is 5.92. The average molecular weight is 244 g/mol. The lowest BCUT2D eigenvalue weighted by Crippen LogP contribution is -2.19. The molecule has 1 heterocycles. The second-order valence-electron chi connectivity index (χ2n) is 3.58. The maximum atomic E-state index is 5.92.